The highest BCUT2D eigenvalue weighted by Crippen LogP contribution is 2.29. The van der Waals surface area contributed by atoms with Gasteiger partial charge in [-0.25, -0.2) is 12.8 Å². The van der Waals surface area contributed by atoms with Crippen molar-refractivity contribution in [2.24, 2.45) is 0 Å². The Bertz CT molecular complexity index is 591. The predicted molar refractivity (Wildman–Crippen MR) is 53.1 cm³/mol. The fourth-order valence-corrected chi connectivity index (χ4v) is 1.24. The van der Waals surface area contributed by atoms with Gasteiger partial charge in [-0.15, -0.1) is 0 Å². The highest BCUT2D eigenvalue weighted by atomic mass is 32.2. The molecule has 1 aromatic carbocycles. The molecule has 0 fully saturated rings. The Morgan fingerprint density at radius 3 is 2.24 bits per heavy atom. The minimum atomic E-state index is -4.65. The number of benzene rings is 1. The zero-order valence-corrected chi connectivity index (χ0v) is 9.29. The molecule has 0 unspecified atom stereocenters. The third kappa shape index (κ3) is 4.07. The SMILES string of the molecule is CS(=O)(=O)C#Cc1ccc(C(F)(F)F)cc1F. The van der Waals surface area contributed by atoms with Gasteiger partial charge in [0.25, 0.3) is 0 Å². The Morgan fingerprint density at radius 2 is 1.82 bits per heavy atom. The molecule has 0 spiro atoms. The summed E-state index contributed by atoms with van der Waals surface area (Å²) >= 11 is 0. The fraction of sp³-hybridized carbons (Fsp3) is 0.200. The average Bonchev–Trinajstić information content (AvgIpc) is 2.12. The standard InChI is InChI=1S/C10H6F4O2S/c1-17(15,16)5-4-7-2-3-8(6-9(7)11)10(12,13)14/h2-3,6H,1H3. The lowest BCUT2D eigenvalue weighted by Gasteiger charge is -2.06. The van der Waals surface area contributed by atoms with E-state index in [1.54, 1.807) is 5.25 Å². The van der Waals surface area contributed by atoms with Crippen LogP contribution >= 0.6 is 0 Å². The van der Waals surface area contributed by atoms with Crippen molar-refractivity contribution in [1.29, 1.82) is 0 Å². The van der Waals surface area contributed by atoms with Gasteiger partial charge in [0.2, 0.25) is 9.84 Å². The highest BCUT2D eigenvalue weighted by Gasteiger charge is 2.31. The van der Waals surface area contributed by atoms with Crippen LogP contribution in [0.2, 0.25) is 0 Å². The van der Waals surface area contributed by atoms with E-state index < -0.39 is 33.0 Å². The van der Waals surface area contributed by atoms with Gasteiger partial charge in [0.05, 0.1) is 17.4 Å². The first-order chi connectivity index (χ1) is 7.59. The highest BCUT2D eigenvalue weighted by molar-refractivity contribution is 7.95. The van der Waals surface area contributed by atoms with Gasteiger partial charge in [-0.1, -0.05) is 0 Å². The monoisotopic (exact) mass is 266 g/mol. The van der Waals surface area contributed by atoms with E-state index in [9.17, 15) is 26.0 Å². The molecule has 1 rings (SSSR count). The molecule has 7 heteroatoms. The van der Waals surface area contributed by atoms with Crippen molar-refractivity contribution in [3.63, 3.8) is 0 Å². The molecule has 0 heterocycles. The van der Waals surface area contributed by atoms with Crippen molar-refractivity contribution < 1.29 is 26.0 Å². The first-order valence-corrected chi connectivity index (χ1v) is 6.08. The van der Waals surface area contributed by atoms with Crippen LogP contribution in [0.25, 0.3) is 0 Å². The first kappa shape index (κ1) is 13.5. The predicted octanol–water partition coefficient (Wildman–Crippen LogP) is 2.20. The number of halogens is 4. The van der Waals surface area contributed by atoms with Gasteiger partial charge in [-0.3, -0.25) is 0 Å². The van der Waals surface area contributed by atoms with Crippen LogP contribution in [-0.2, 0) is 16.0 Å². The zero-order valence-electron chi connectivity index (χ0n) is 8.47. The Kier molecular flexibility index (Phi) is 3.48. The summed E-state index contributed by atoms with van der Waals surface area (Å²) in [6, 6.07) is 1.69. The second-order valence-electron chi connectivity index (χ2n) is 3.19. The van der Waals surface area contributed by atoms with Crippen LogP contribution < -0.4 is 0 Å². The Morgan fingerprint density at radius 1 is 1.24 bits per heavy atom. The lowest BCUT2D eigenvalue weighted by atomic mass is 10.1. The first-order valence-electron chi connectivity index (χ1n) is 4.19. The lowest BCUT2D eigenvalue weighted by molar-refractivity contribution is -0.137. The van der Waals surface area contributed by atoms with Crippen molar-refractivity contribution in [1.82, 2.24) is 0 Å². The van der Waals surface area contributed by atoms with Crippen LogP contribution in [0.4, 0.5) is 17.6 Å². The maximum Gasteiger partial charge on any atom is 0.416 e. The van der Waals surface area contributed by atoms with Crippen molar-refractivity contribution in [2.75, 3.05) is 6.26 Å². The van der Waals surface area contributed by atoms with Crippen LogP contribution in [0.15, 0.2) is 18.2 Å². The number of hydrogen-bond acceptors (Lipinski definition) is 2. The molecule has 17 heavy (non-hydrogen) atoms. The molecular weight excluding hydrogens is 260 g/mol. The maximum absolute atomic E-state index is 13.2. The van der Waals surface area contributed by atoms with E-state index in [4.69, 9.17) is 0 Å². The summed E-state index contributed by atoms with van der Waals surface area (Å²) in [5.74, 6) is 0.739. The Balaban J connectivity index is 3.19. The molecule has 0 amide bonds. The summed E-state index contributed by atoms with van der Waals surface area (Å²) in [6.07, 6.45) is -3.84. The summed E-state index contributed by atoms with van der Waals surface area (Å²) < 4.78 is 71.0. The largest absolute Gasteiger partial charge is 0.416 e. The normalized spacial score (nSPS) is 11.8. The van der Waals surface area contributed by atoms with Gasteiger partial charge >= 0.3 is 6.18 Å². The van der Waals surface area contributed by atoms with Crippen molar-refractivity contribution in [2.45, 2.75) is 6.18 Å². The molecule has 0 saturated heterocycles. The van der Waals surface area contributed by atoms with Gasteiger partial charge in [0.1, 0.15) is 5.82 Å². The van der Waals surface area contributed by atoms with E-state index in [0.29, 0.717) is 6.07 Å². The quantitative estimate of drug-likeness (QED) is 0.533. The van der Waals surface area contributed by atoms with Gasteiger partial charge in [0, 0.05) is 5.25 Å². The van der Waals surface area contributed by atoms with Gasteiger partial charge in [0.15, 0.2) is 0 Å². The van der Waals surface area contributed by atoms with Crippen LogP contribution in [0.3, 0.4) is 0 Å². The molecule has 0 aliphatic carbocycles. The summed E-state index contributed by atoms with van der Waals surface area (Å²) in [5, 5.41) is 1.74. The minimum absolute atomic E-state index is 0.270. The summed E-state index contributed by atoms with van der Waals surface area (Å²) in [4.78, 5) is 0. The second-order valence-corrected chi connectivity index (χ2v) is 4.94. The maximum atomic E-state index is 13.2. The molecule has 0 aromatic heterocycles. The second kappa shape index (κ2) is 4.37. The van der Waals surface area contributed by atoms with Crippen molar-refractivity contribution in [3.05, 3.63) is 35.1 Å². The average molecular weight is 266 g/mol. The van der Waals surface area contributed by atoms with Crippen LogP contribution in [-0.4, -0.2) is 14.7 Å². The molecule has 92 valence electrons. The minimum Gasteiger partial charge on any atom is -0.216 e. The number of alkyl halides is 3. The molecule has 0 aliphatic heterocycles. The molecule has 0 radical (unpaired) electrons. The number of hydrogen-bond donors (Lipinski definition) is 0. The number of rotatable bonds is 0. The van der Waals surface area contributed by atoms with E-state index >= 15 is 0 Å². The summed E-state index contributed by atoms with van der Waals surface area (Å²) in [7, 11) is -3.63. The molecular formula is C10H6F4O2S. The molecule has 2 nitrogen and oxygen atoms in total. The van der Waals surface area contributed by atoms with E-state index in [-0.39, 0.29) is 6.07 Å². The Hall–Kier alpha value is -1.55. The fourth-order valence-electron chi connectivity index (χ4n) is 0.940. The van der Waals surface area contributed by atoms with Gasteiger partial charge < -0.3 is 0 Å². The van der Waals surface area contributed by atoms with E-state index in [2.05, 4.69) is 0 Å². The van der Waals surface area contributed by atoms with E-state index in [1.165, 1.54) is 0 Å². The molecule has 0 atom stereocenters. The smallest absolute Gasteiger partial charge is 0.216 e. The molecule has 0 aliphatic rings. The molecule has 0 N–H and O–H groups in total. The molecule has 1 aromatic rings. The lowest BCUT2D eigenvalue weighted by Crippen LogP contribution is -2.05. The summed E-state index contributed by atoms with van der Waals surface area (Å²) in [6.45, 7) is 0. The Labute approximate surface area is 95.2 Å². The van der Waals surface area contributed by atoms with Crippen LogP contribution in [0.5, 0.6) is 0 Å². The van der Waals surface area contributed by atoms with Crippen LogP contribution in [0.1, 0.15) is 11.1 Å². The van der Waals surface area contributed by atoms with E-state index in [1.807, 2.05) is 5.92 Å². The summed E-state index contributed by atoms with van der Waals surface area (Å²) in [5.41, 5.74) is -1.55. The molecule has 0 saturated carbocycles. The molecule has 0 bridgehead atoms. The van der Waals surface area contributed by atoms with Crippen molar-refractivity contribution in [3.8, 4) is 11.2 Å². The van der Waals surface area contributed by atoms with Crippen LogP contribution in [0, 0.1) is 17.0 Å². The third-order valence-corrected chi connectivity index (χ3v) is 2.14. The van der Waals surface area contributed by atoms with E-state index in [0.717, 1.165) is 12.3 Å². The van der Waals surface area contributed by atoms with Crippen molar-refractivity contribution >= 4 is 9.84 Å². The van der Waals surface area contributed by atoms with Gasteiger partial charge in [-0.05, 0) is 24.1 Å². The topological polar surface area (TPSA) is 34.1 Å². The van der Waals surface area contributed by atoms with Gasteiger partial charge in [-0.2, -0.15) is 13.2 Å². The number of sulfone groups is 1. The zero-order chi connectivity index (χ0) is 13.3. The third-order valence-electron chi connectivity index (χ3n) is 1.67.